The topological polar surface area (TPSA) is 66.8 Å². The average Bonchev–Trinajstić information content (AvgIpc) is 2.86. The fourth-order valence-corrected chi connectivity index (χ4v) is 3.87. The lowest BCUT2D eigenvalue weighted by molar-refractivity contribution is -0.118. The zero-order valence-corrected chi connectivity index (χ0v) is 19.8. The number of aromatic carboxylic acids is 1. The number of nitrogens with zero attached hydrogens (tertiary/aromatic N) is 1. The predicted octanol–water partition coefficient (Wildman–Crippen LogP) is 6.51. The van der Waals surface area contributed by atoms with Gasteiger partial charge in [-0.05, 0) is 42.3 Å². The number of carbonyl (C=O) groups is 2. The summed E-state index contributed by atoms with van der Waals surface area (Å²) in [5.74, 6) is -0.264. The van der Waals surface area contributed by atoms with Crippen LogP contribution in [-0.2, 0) is 17.8 Å². The molecule has 0 fully saturated rings. The number of carbonyl (C=O) groups excluding carboxylic acids is 1. The number of unbranched alkanes of at least 4 members (excludes halogenated alkanes) is 4. The molecule has 0 aliphatic heterocycles. The summed E-state index contributed by atoms with van der Waals surface area (Å²) in [6.07, 6.45) is 6.06. The summed E-state index contributed by atoms with van der Waals surface area (Å²) in [6.45, 7) is 3.09. The maximum Gasteiger partial charge on any atom is 0.336 e. The second-order valence-electron chi connectivity index (χ2n) is 8.37. The molecule has 3 aromatic carbocycles. The smallest absolute Gasteiger partial charge is 0.336 e. The van der Waals surface area contributed by atoms with Crippen LogP contribution in [0.3, 0.4) is 0 Å². The van der Waals surface area contributed by atoms with Crippen molar-refractivity contribution in [2.75, 3.05) is 11.4 Å². The Labute approximate surface area is 202 Å². The molecule has 3 rings (SSSR count). The van der Waals surface area contributed by atoms with Crippen LogP contribution in [0.15, 0.2) is 78.9 Å². The maximum atomic E-state index is 13.2. The highest BCUT2D eigenvalue weighted by Gasteiger charge is 2.16. The monoisotopic (exact) mass is 459 g/mol. The molecular formula is C29H33NO4. The molecule has 0 aromatic heterocycles. The molecule has 0 bridgehead atoms. The lowest BCUT2D eigenvalue weighted by atomic mass is 10.1. The number of ether oxygens (including phenoxy) is 1. The maximum absolute atomic E-state index is 13.2. The van der Waals surface area contributed by atoms with Crippen molar-refractivity contribution in [3.05, 3.63) is 95.6 Å². The molecule has 0 atom stereocenters. The van der Waals surface area contributed by atoms with E-state index in [4.69, 9.17) is 4.74 Å². The fourth-order valence-electron chi connectivity index (χ4n) is 3.87. The van der Waals surface area contributed by atoms with Gasteiger partial charge < -0.3 is 14.7 Å². The third-order valence-corrected chi connectivity index (χ3v) is 5.78. The van der Waals surface area contributed by atoms with Crippen molar-refractivity contribution in [3.63, 3.8) is 0 Å². The van der Waals surface area contributed by atoms with Crippen LogP contribution in [0.4, 0.5) is 5.69 Å². The highest BCUT2D eigenvalue weighted by atomic mass is 16.5. The number of hydrogen-bond acceptors (Lipinski definition) is 3. The molecule has 34 heavy (non-hydrogen) atoms. The standard InChI is InChI=1S/C29H33NO4/c1-2-3-4-5-11-20-30(25-13-7-6-8-14-25)28(31)21-23-16-18-26(19-17-23)34-22-24-12-9-10-15-27(24)29(32)33/h6-10,12-19H,2-5,11,20-22H2,1H3,(H,32,33). The predicted molar refractivity (Wildman–Crippen MR) is 135 cm³/mol. The number of anilines is 1. The first-order valence-electron chi connectivity index (χ1n) is 12.0. The summed E-state index contributed by atoms with van der Waals surface area (Å²) in [5, 5.41) is 9.31. The van der Waals surface area contributed by atoms with E-state index in [1.807, 2.05) is 59.5 Å². The molecule has 0 aliphatic carbocycles. The molecule has 0 heterocycles. The lowest BCUT2D eigenvalue weighted by Crippen LogP contribution is -2.33. The van der Waals surface area contributed by atoms with Crippen LogP contribution in [0.5, 0.6) is 5.75 Å². The number of carboxylic acid groups (broad SMARTS) is 1. The van der Waals surface area contributed by atoms with Gasteiger partial charge in [0, 0.05) is 17.8 Å². The van der Waals surface area contributed by atoms with Gasteiger partial charge in [0.2, 0.25) is 5.91 Å². The highest BCUT2D eigenvalue weighted by molar-refractivity contribution is 5.94. The van der Waals surface area contributed by atoms with E-state index >= 15 is 0 Å². The summed E-state index contributed by atoms with van der Waals surface area (Å²) < 4.78 is 5.79. The van der Waals surface area contributed by atoms with Crippen molar-refractivity contribution >= 4 is 17.6 Å². The molecule has 0 spiro atoms. The fraction of sp³-hybridized carbons (Fsp3) is 0.310. The SMILES string of the molecule is CCCCCCCN(C(=O)Cc1ccc(OCc2ccccc2C(=O)O)cc1)c1ccccc1. The Morgan fingerprint density at radius 1 is 0.824 bits per heavy atom. The van der Waals surface area contributed by atoms with Crippen LogP contribution < -0.4 is 9.64 Å². The van der Waals surface area contributed by atoms with Gasteiger partial charge in [0.15, 0.2) is 0 Å². The molecule has 1 amide bonds. The number of rotatable bonds is 13. The van der Waals surface area contributed by atoms with Gasteiger partial charge in [0.1, 0.15) is 12.4 Å². The molecule has 0 radical (unpaired) electrons. The summed E-state index contributed by atoms with van der Waals surface area (Å²) in [5.41, 5.74) is 2.70. The van der Waals surface area contributed by atoms with Crippen LogP contribution in [0.2, 0.25) is 0 Å². The number of para-hydroxylation sites is 1. The van der Waals surface area contributed by atoms with E-state index < -0.39 is 5.97 Å². The molecule has 0 saturated carbocycles. The second kappa shape index (κ2) is 13.2. The van der Waals surface area contributed by atoms with E-state index in [2.05, 4.69) is 6.92 Å². The highest BCUT2D eigenvalue weighted by Crippen LogP contribution is 2.20. The largest absolute Gasteiger partial charge is 0.489 e. The minimum atomic E-state index is -0.971. The van der Waals surface area contributed by atoms with E-state index in [0.717, 1.165) is 30.6 Å². The first kappa shape index (κ1) is 25.0. The summed E-state index contributed by atoms with van der Waals surface area (Å²) in [7, 11) is 0. The first-order chi connectivity index (χ1) is 16.6. The first-order valence-corrected chi connectivity index (χ1v) is 12.0. The van der Waals surface area contributed by atoms with Gasteiger partial charge in [-0.2, -0.15) is 0 Å². The molecule has 0 aliphatic rings. The van der Waals surface area contributed by atoms with Crippen LogP contribution in [0.1, 0.15) is 60.5 Å². The van der Waals surface area contributed by atoms with Crippen molar-refractivity contribution in [2.24, 2.45) is 0 Å². The summed E-state index contributed by atoms with van der Waals surface area (Å²) in [6, 6.07) is 24.1. The van der Waals surface area contributed by atoms with E-state index in [0.29, 0.717) is 17.7 Å². The Balaban J connectivity index is 1.60. The Hall–Kier alpha value is -3.60. The van der Waals surface area contributed by atoms with E-state index in [1.165, 1.54) is 19.3 Å². The third kappa shape index (κ3) is 7.48. The summed E-state index contributed by atoms with van der Waals surface area (Å²) in [4.78, 5) is 26.4. The lowest BCUT2D eigenvalue weighted by Gasteiger charge is -2.23. The Morgan fingerprint density at radius 3 is 2.21 bits per heavy atom. The number of amides is 1. The van der Waals surface area contributed by atoms with Crippen molar-refractivity contribution in [1.82, 2.24) is 0 Å². The van der Waals surface area contributed by atoms with Gasteiger partial charge in [-0.1, -0.05) is 81.1 Å². The molecule has 1 N–H and O–H groups in total. The minimum Gasteiger partial charge on any atom is -0.489 e. The zero-order valence-electron chi connectivity index (χ0n) is 19.8. The van der Waals surface area contributed by atoms with Crippen molar-refractivity contribution in [2.45, 2.75) is 52.1 Å². The number of carboxylic acids is 1. The van der Waals surface area contributed by atoms with Crippen molar-refractivity contribution < 1.29 is 19.4 Å². The summed E-state index contributed by atoms with van der Waals surface area (Å²) >= 11 is 0. The van der Waals surface area contributed by atoms with Gasteiger partial charge in [0.25, 0.3) is 0 Å². The van der Waals surface area contributed by atoms with Gasteiger partial charge >= 0.3 is 5.97 Å². The van der Waals surface area contributed by atoms with Gasteiger partial charge in [-0.25, -0.2) is 4.79 Å². The van der Waals surface area contributed by atoms with E-state index in [-0.39, 0.29) is 18.1 Å². The number of benzene rings is 3. The second-order valence-corrected chi connectivity index (χ2v) is 8.37. The van der Waals surface area contributed by atoms with E-state index in [1.54, 1.807) is 24.3 Å². The Morgan fingerprint density at radius 2 is 1.50 bits per heavy atom. The van der Waals surface area contributed by atoms with Crippen LogP contribution in [0.25, 0.3) is 0 Å². The molecular weight excluding hydrogens is 426 g/mol. The van der Waals surface area contributed by atoms with Crippen molar-refractivity contribution in [3.8, 4) is 5.75 Å². The number of hydrogen-bond donors (Lipinski definition) is 1. The molecule has 5 heteroatoms. The molecule has 0 unspecified atom stereocenters. The Bertz CT molecular complexity index is 1050. The Kier molecular flexibility index (Phi) is 9.71. The molecule has 5 nitrogen and oxygen atoms in total. The van der Waals surface area contributed by atoms with E-state index in [9.17, 15) is 14.7 Å². The van der Waals surface area contributed by atoms with Crippen LogP contribution in [-0.4, -0.2) is 23.5 Å². The normalized spacial score (nSPS) is 10.6. The molecule has 178 valence electrons. The zero-order chi connectivity index (χ0) is 24.2. The molecule has 0 saturated heterocycles. The minimum absolute atomic E-state index is 0.0748. The quantitative estimate of drug-likeness (QED) is 0.296. The van der Waals surface area contributed by atoms with Gasteiger partial charge in [-0.3, -0.25) is 4.79 Å². The van der Waals surface area contributed by atoms with Crippen LogP contribution >= 0.6 is 0 Å². The third-order valence-electron chi connectivity index (χ3n) is 5.78. The van der Waals surface area contributed by atoms with Gasteiger partial charge in [0.05, 0.1) is 12.0 Å². The van der Waals surface area contributed by atoms with Crippen molar-refractivity contribution in [1.29, 1.82) is 0 Å². The molecule has 3 aromatic rings. The average molecular weight is 460 g/mol. The van der Waals surface area contributed by atoms with Gasteiger partial charge in [-0.15, -0.1) is 0 Å². The van der Waals surface area contributed by atoms with Crippen LogP contribution in [0, 0.1) is 0 Å².